The molecule has 1 saturated carbocycles. The van der Waals surface area contributed by atoms with Gasteiger partial charge < -0.3 is 0 Å². The van der Waals surface area contributed by atoms with Crippen molar-refractivity contribution in [2.75, 3.05) is 0 Å². The van der Waals surface area contributed by atoms with Crippen molar-refractivity contribution in [1.29, 1.82) is 0 Å². The maximum Gasteiger partial charge on any atom is 0.502 e. The molecule has 0 aromatic heterocycles. The Morgan fingerprint density at radius 2 is 1.64 bits per heavy atom. The molecule has 1 fully saturated rings. The van der Waals surface area contributed by atoms with Crippen LogP contribution in [-0.2, 0) is 19.7 Å². The number of alkyl halides is 4. The van der Waals surface area contributed by atoms with Crippen LogP contribution < -0.4 is 10.4 Å². The fourth-order valence-electron chi connectivity index (χ4n) is 3.57. The first-order valence-electron chi connectivity index (χ1n) is 8.64. The molecule has 28 heavy (non-hydrogen) atoms. The number of sulfone groups is 2. The summed E-state index contributed by atoms with van der Waals surface area (Å²) in [4.78, 5) is 0. The molecule has 154 valence electrons. The lowest BCUT2D eigenvalue weighted by atomic mass is 9.98. The molecular weight excluding hydrogens is 420 g/mol. The highest BCUT2D eigenvalue weighted by atomic mass is 32.3. The molecule has 1 aromatic carbocycles. The lowest BCUT2D eigenvalue weighted by molar-refractivity contribution is -0.0425. The van der Waals surface area contributed by atoms with Crippen molar-refractivity contribution in [2.24, 2.45) is 0 Å². The van der Waals surface area contributed by atoms with Gasteiger partial charge in [0.05, 0.1) is 5.25 Å². The number of benzene rings is 1. The highest BCUT2D eigenvalue weighted by molar-refractivity contribution is 8.15. The molecule has 4 nitrogen and oxygen atoms in total. The zero-order chi connectivity index (χ0) is 20.7. The van der Waals surface area contributed by atoms with Crippen molar-refractivity contribution in [3.63, 3.8) is 0 Å². The third-order valence-corrected chi connectivity index (χ3v) is 9.74. The van der Waals surface area contributed by atoms with Gasteiger partial charge in [-0.2, -0.15) is 13.2 Å². The summed E-state index contributed by atoms with van der Waals surface area (Å²) in [7, 11) is -11.1. The molecule has 2 unspecified atom stereocenters. The zero-order valence-corrected chi connectivity index (χ0v) is 16.2. The van der Waals surface area contributed by atoms with Crippen molar-refractivity contribution >= 4 is 31.8 Å². The molecule has 2 aliphatic rings. The summed E-state index contributed by atoms with van der Waals surface area (Å²) in [6.07, 6.45) is 0.546. The molecule has 0 bridgehead atoms. The van der Waals surface area contributed by atoms with Crippen LogP contribution in [0.2, 0.25) is 0 Å². The summed E-state index contributed by atoms with van der Waals surface area (Å²) in [6, 6.07) is 6.54. The lowest BCUT2D eigenvalue weighted by Crippen LogP contribution is -2.37. The van der Waals surface area contributed by atoms with Crippen LogP contribution in [0.4, 0.5) is 17.6 Å². The van der Waals surface area contributed by atoms with E-state index in [2.05, 4.69) is 0 Å². The maximum absolute atomic E-state index is 13.7. The van der Waals surface area contributed by atoms with E-state index in [-0.39, 0.29) is 25.7 Å². The molecule has 1 aromatic rings. The van der Waals surface area contributed by atoms with E-state index in [1.165, 1.54) is 6.08 Å². The van der Waals surface area contributed by atoms with E-state index in [9.17, 15) is 34.4 Å². The number of halogens is 4. The Kier molecular flexibility index (Phi) is 5.48. The lowest BCUT2D eigenvalue weighted by Gasteiger charge is -2.26. The molecule has 0 amide bonds. The van der Waals surface area contributed by atoms with Crippen molar-refractivity contribution < 1.29 is 34.4 Å². The van der Waals surface area contributed by atoms with Gasteiger partial charge in [-0.3, -0.25) is 0 Å². The molecule has 2 aliphatic carbocycles. The Morgan fingerprint density at radius 3 is 2.25 bits per heavy atom. The quantitative estimate of drug-likeness (QED) is 0.680. The summed E-state index contributed by atoms with van der Waals surface area (Å²) in [6.45, 7) is 0. The van der Waals surface area contributed by atoms with E-state index in [1.54, 1.807) is 24.3 Å². The second kappa shape index (κ2) is 7.29. The van der Waals surface area contributed by atoms with Crippen LogP contribution in [0.15, 0.2) is 34.1 Å². The average molecular weight is 438 g/mol. The summed E-state index contributed by atoms with van der Waals surface area (Å²) in [5, 5.41) is -0.420. The Hall–Kier alpha value is -1.68. The molecule has 3 rings (SSSR count). The standard InChI is InChI=1S/C18H18F4O4S2/c19-15-6-3-7-16(11-15)27(23,24)17(28(25,26)18(20,21)22)14-9-8-12-4-1-2-5-13(12)10-14/h1-2,4-5,8,10,15-16H,3,6-7,9,11H2/b17-14-. The van der Waals surface area contributed by atoms with E-state index in [0.29, 0.717) is 10.4 Å². The monoisotopic (exact) mass is 438 g/mol. The van der Waals surface area contributed by atoms with Gasteiger partial charge in [-0.05, 0) is 54.2 Å². The van der Waals surface area contributed by atoms with Crippen LogP contribution in [0, 0.1) is 0 Å². The van der Waals surface area contributed by atoms with Crippen molar-refractivity contribution in [3.8, 4) is 0 Å². The van der Waals surface area contributed by atoms with E-state index in [0.717, 1.165) is 6.08 Å². The fourth-order valence-corrected chi connectivity index (χ4v) is 7.93. The molecule has 10 heteroatoms. The molecule has 2 atom stereocenters. The van der Waals surface area contributed by atoms with Gasteiger partial charge in [-0.25, -0.2) is 21.2 Å². The fraction of sp³-hybridized carbons (Fsp3) is 0.444. The molecule has 0 aliphatic heterocycles. The number of hydrogen-bond acceptors (Lipinski definition) is 4. The minimum absolute atomic E-state index is 0.0762. The first kappa shape index (κ1) is 21.0. The SMILES string of the molecule is O=S(=O)(/C(=C1/C=c2ccccc2=CC1)S(=O)(=O)C(F)(F)F)C1CCCC(F)C1. The van der Waals surface area contributed by atoms with Gasteiger partial charge in [0.15, 0.2) is 14.1 Å². The highest BCUT2D eigenvalue weighted by Gasteiger charge is 2.54. The van der Waals surface area contributed by atoms with Gasteiger partial charge in [-0.15, -0.1) is 0 Å². The Balaban J connectivity index is 2.28. The zero-order valence-electron chi connectivity index (χ0n) is 14.6. The van der Waals surface area contributed by atoms with Crippen molar-refractivity contribution in [3.05, 3.63) is 44.5 Å². The largest absolute Gasteiger partial charge is 0.502 e. The molecule has 0 heterocycles. The number of hydrogen-bond donors (Lipinski definition) is 0. The minimum atomic E-state index is -6.15. The number of fused-ring (bicyclic) bond motifs is 1. The van der Waals surface area contributed by atoms with Gasteiger partial charge >= 0.3 is 5.51 Å². The van der Waals surface area contributed by atoms with Gasteiger partial charge in [-0.1, -0.05) is 30.3 Å². The smallest absolute Gasteiger partial charge is 0.247 e. The molecule has 0 radical (unpaired) electrons. The van der Waals surface area contributed by atoms with Crippen LogP contribution in [0.1, 0.15) is 32.1 Å². The van der Waals surface area contributed by atoms with Crippen molar-refractivity contribution in [2.45, 2.75) is 49.0 Å². The van der Waals surface area contributed by atoms with Crippen LogP contribution in [-0.4, -0.2) is 33.8 Å². The van der Waals surface area contributed by atoms with Gasteiger partial charge in [0.25, 0.3) is 9.84 Å². The predicted molar refractivity (Wildman–Crippen MR) is 97.3 cm³/mol. The average Bonchev–Trinajstić information content (AvgIpc) is 2.60. The first-order valence-corrected chi connectivity index (χ1v) is 11.7. The van der Waals surface area contributed by atoms with E-state index < -0.39 is 52.8 Å². The maximum atomic E-state index is 13.7. The molecule has 0 spiro atoms. The van der Waals surface area contributed by atoms with Crippen molar-refractivity contribution in [1.82, 2.24) is 0 Å². The van der Waals surface area contributed by atoms with Gasteiger partial charge in [0.2, 0.25) is 0 Å². The van der Waals surface area contributed by atoms with Gasteiger partial charge in [0, 0.05) is 0 Å². The van der Waals surface area contributed by atoms with Crippen LogP contribution in [0.25, 0.3) is 12.2 Å². The first-order chi connectivity index (χ1) is 12.9. The van der Waals surface area contributed by atoms with E-state index in [4.69, 9.17) is 0 Å². The predicted octanol–water partition coefficient (Wildman–Crippen LogP) is 2.49. The molecule has 0 saturated heterocycles. The topological polar surface area (TPSA) is 68.3 Å². The number of allylic oxidation sites excluding steroid dienone is 1. The van der Waals surface area contributed by atoms with Crippen LogP contribution >= 0.6 is 0 Å². The Morgan fingerprint density at radius 1 is 1.00 bits per heavy atom. The molecule has 0 N–H and O–H groups in total. The van der Waals surface area contributed by atoms with Crippen LogP contribution in [0.3, 0.4) is 0 Å². The second-order valence-electron chi connectivity index (χ2n) is 6.87. The Labute approximate surface area is 160 Å². The van der Waals surface area contributed by atoms with Crippen LogP contribution in [0.5, 0.6) is 0 Å². The summed E-state index contributed by atoms with van der Waals surface area (Å²) in [5.41, 5.74) is -6.23. The van der Waals surface area contributed by atoms with Gasteiger partial charge in [0.1, 0.15) is 6.17 Å². The third-order valence-electron chi connectivity index (χ3n) is 4.94. The highest BCUT2D eigenvalue weighted by Crippen LogP contribution is 2.40. The summed E-state index contributed by atoms with van der Waals surface area (Å²) >= 11 is 0. The summed E-state index contributed by atoms with van der Waals surface area (Å²) in [5.74, 6) is 0. The summed E-state index contributed by atoms with van der Waals surface area (Å²) < 4.78 is 103. The second-order valence-corrected chi connectivity index (χ2v) is 11.2. The number of rotatable bonds is 3. The van der Waals surface area contributed by atoms with E-state index in [1.807, 2.05) is 0 Å². The van der Waals surface area contributed by atoms with E-state index >= 15 is 0 Å². The normalized spacial score (nSPS) is 25.3. The third kappa shape index (κ3) is 3.76. The molecular formula is C18H18F4O4S2. The minimum Gasteiger partial charge on any atom is -0.247 e. The Bertz CT molecular complexity index is 1130.